The fourth-order valence-electron chi connectivity index (χ4n) is 4.21. The summed E-state index contributed by atoms with van der Waals surface area (Å²) in [4.78, 5) is 22.0. The number of H-pyrrole nitrogens is 1. The van der Waals surface area contributed by atoms with Crippen molar-refractivity contribution in [3.05, 3.63) is 54.1 Å². The van der Waals surface area contributed by atoms with Gasteiger partial charge in [-0.05, 0) is 44.2 Å². The highest BCUT2D eigenvalue weighted by Gasteiger charge is 2.26. The third-order valence-corrected chi connectivity index (χ3v) is 5.98. The molecule has 0 unspecified atom stereocenters. The Morgan fingerprint density at radius 3 is 2.76 bits per heavy atom. The SMILES string of the molecule is COc1cc2nccc(Oc3ccc4[nH]c(C)cc4c3F)c2cc1OC(=O)N1CCNC[C@@H]1C. The van der Waals surface area contributed by atoms with Crippen molar-refractivity contribution in [1.82, 2.24) is 20.2 Å². The van der Waals surface area contributed by atoms with Crippen molar-refractivity contribution < 1.29 is 23.4 Å². The largest absolute Gasteiger partial charge is 0.493 e. The van der Waals surface area contributed by atoms with Gasteiger partial charge in [0, 0.05) is 59.9 Å². The molecule has 8 nitrogen and oxygen atoms in total. The van der Waals surface area contributed by atoms with Gasteiger partial charge in [0.2, 0.25) is 0 Å². The molecule has 4 aromatic rings. The molecule has 0 aliphatic carbocycles. The molecule has 2 aromatic heterocycles. The molecule has 0 bridgehead atoms. The lowest BCUT2D eigenvalue weighted by Crippen LogP contribution is -2.53. The number of nitrogens with zero attached hydrogens (tertiary/aromatic N) is 2. The van der Waals surface area contributed by atoms with Crippen molar-refractivity contribution >= 4 is 27.9 Å². The van der Waals surface area contributed by atoms with Crippen molar-refractivity contribution in [2.75, 3.05) is 26.7 Å². The number of amides is 1. The van der Waals surface area contributed by atoms with Crippen molar-refractivity contribution in [2.45, 2.75) is 19.9 Å². The van der Waals surface area contributed by atoms with Gasteiger partial charge in [0.15, 0.2) is 23.1 Å². The summed E-state index contributed by atoms with van der Waals surface area (Å²) in [7, 11) is 1.50. The first-order chi connectivity index (χ1) is 16.4. The molecule has 34 heavy (non-hydrogen) atoms. The summed E-state index contributed by atoms with van der Waals surface area (Å²) in [6, 6.07) is 10.0. The van der Waals surface area contributed by atoms with Crippen LogP contribution >= 0.6 is 0 Å². The molecule has 9 heteroatoms. The minimum atomic E-state index is -0.461. The molecule has 2 aromatic carbocycles. The van der Waals surface area contributed by atoms with E-state index >= 15 is 4.39 Å². The van der Waals surface area contributed by atoms with Crippen LogP contribution in [0.1, 0.15) is 12.6 Å². The van der Waals surface area contributed by atoms with Gasteiger partial charge in [-0.2, -0.15) is 0 Å². The summed E-state index contributed by atoms with van der Waals surface area (Å²) in [5.74, 6) is 0.609. The molecule has 0 saturated carbocycles. The lowest BCUT2D eigenvalue weighted by Gasteiger charge is -2.33. The number of methoxy groups -OCH3 is 1. The minimum absolute atomic E-state index is 0.00298. The zero-order valence-corrected chi connectivity index (χ0v) is 19.1. The van der Waals surface area contributed by atoms with E-state index in [0.29, 0.717) is 52.9 Å². The number of fused-ring (bicyclic) bond motifs is 2. The number of ether oxygens (including phenoxy) is 3. The van der Waals surface area contributed by atoms with Crippen LogP contribution in [0.25, 0.3) is 21.8 Å². The maximum Gasteiger partial charge on any atom is 0.415 e. The van der Waals surface area contributed by atoms with E-state index < -0.39 is 11.9 Å². The molecule has 1 amide bonds. The van der Waals surface area contributed by atoms with Gasteiger partial charge in [-0.1, -0.05) is 0 Å². The van der Waals surface area contributed by atoms with Gasteiger partial charge in [-0.15, -0.1) is 0 Å². The molecule has 2 N–H and O–H groups in total. The number of hydrogen-bond donors (Lipinski definition) is 2. The van der Waals surface area contributed by atoms with E-state index in [1.54, 1.807) is 47.5 Å². The number of hydrogen-bond acceptors (Lipinski definition) is 6. The van der Waals surface area contributed by atoms with Gasteiger partial charge in [-0.3, -0.25) is 4.98 Å². The summed E-state index contributed by atoms with van der Waals surface area (Å²) >= 11 is 0. The van der Waals surface area contributed by atoms with Crippen LogP contribution < -0.4 is 19.5 Å². The number of nitrogens with one attached hydrogen (secondary N) is 2. The third kappa shape index (κ3) is 3.99. The highest BCUT2D eigenvalue weighted by molar-refractivity contribution is 5.89. The van der Waals surface area contributed by atoms with Crippen molar-refractivity contribution in [3.8, 4) is 23.0 Å². The average Bonchev–Trinajstić information content (AvgIpc) is 3.22. The molecular formula is C25H25FN4O4. The monoisotopic (exact) mass is 464 g/mol. The second-order valence-corrected chi connectivity index (χ2v) is 8.34. The van der Waals surface area contributed by atoms with Crippen molar-refractivity contribution in [3.63, 3.8) is 0 Å². The Bertz CT molecular complexity index is 1390. The molecule has 1 fully saturated rings. The number of pyridine rings is 1. The van der Waals surface area contributed by atoms with Crippen LogP contribution in [0.4, 0.5) is 9.18 Å². The molecule has 3 heterocycles. The number of aryl methyl sites for hydroxylation is 1. The highest BCUT2D eigenvalue weighted by atomic mass is 19.1. The number of piperazine rings is 1. The van der Waals surface area contributed by atoms with Gasteiger partial charge in [0.25, 0.3) is 0 Å². The summed E-state index contributed by atoms with van der Waals surface area (Å²) in [6.07, 6.45) is 1.11. The first-order valence-electron chi connectivity index (χ1n) is 11.1. The smallest absolute Gasteiger partial charge is 0.415 e. The fourth-order valence-corrected chi connectivity index (χ4v) is 4.21. The van der Waals surface area contributed by atoms with Gasteiger partial charge in [-0.25, -0.2) is 9.18 Å². The summed E-state index contributed by atoms with van der Waals surface area (Å²) in [5, 5.41) is 4.26. The molecule has 1 atom stereocenters. The van der Waals surface area contributed by atoms with Crippen LogP contribution in [0.3, 0.4) is 0 Å². The Morgan fingerprint density at radius 2 is 1.97 bits per heavy atom. The first kappa shape index (κ1) is 22.0. The van der Waals surface area contributed by atoms with Crippen LogP contribution in [0.5, 0.6) is 23.0 Å². The van der Waals surface area contributed by atoms with E-state index in [4.69, 9.17) is 14.2 Å². The van der Waals surface area contributed by atoms with E-state index in [2.05, 4.69) is 15.3 Å². The van der Waals surface area contributed by atoms with Crippen molar-refractivity contribution in [2.24, 2.45) is 0 Å². The van der Waals surface area contributed by atoms with Crippen LogP contribution in [-0.4, -0.2) is 53.7 Å². The number of aromatic nitrogens is 2. The van der Waals surface area contributed by atoms with E-state index in [0.717, 1.165) is 5.69 Å². The Balaban J connectivity index is 1.51. The average molecular weight is 464 g/mol. The molecule has 1 aliphatic rings. The number of halogens is 1. The Morgan fingerprint density at radius 1 is 1.12 bits per heavy atom. The van der Waals surface area contributed by atoms with Crippen LogP contribution in [-0.2, 0) is 0 Å². The van der Waals surface area contributed by atoms with E-state index in [1.165, 1.54) is 7.11 Å². The molecule has 0 radical (unpaired) electrons. The van der Waals surface area contributed by atoms with Crippen LogP contribution in [0.2, 0.25) is 0 Å². The van der Waals surface area contributed by atoms with Gasteiger partial charge in [0.05, 0.1) is 12.6 Å². The zero-order valence-electron chi connectivity index (χ0n) is 19.1. The summed E-state index contributed by atoms with van der Waals surface area (Å²) in [5.41, 5.74) is 2.12. The maximum atomic E-state index is 15.1. The second kappa shape index (κ2) is 8.83. The Hall–Kier alpha value is -3.85. The van der Waals surface area contributed by atoms with E-state index in [1.807, 2.05) is 13.8 Å². The predicted octanol–water partition coefficient (Wildman–Crippen LogP) is 4.76. The normalized spacial score (nSPS) is 16.1. The highest BCUT2D eigenvalue weighted by Crippen LogP contribution is 2.38. The van der Waals surface area contributed by atoms with Gasteiger partial charge >= 0.3 is 6.09 Å². The lowest BCUT2D eigenvalue weighted by atomic mass is 10.1. The molecule has 5 rings (SSSR count). The van der Waals surface area contributed by atoms with Crippen molar-refractivity contribution in [1.29, 1.82) is 0 Å². The molecule has 1 saturated heterocycles. The lowest BCUT2D eigenvalue weighted by molar-refractivity contribution is 0.123. The second-order valence-electron chi connectivity index (χ2n) is 8.34. The van der Waals surface area contributed by atoms with Crippen LogP contribution in [0, 0.1) is 12.7 Å². The maximum absolute atomic E-state index is 15.1. The zero-order chi connectivity index (χ0) is 23.8. The minimum Gasteiger partial charge on any atom is -0.493 e. The Kier molecular flexibility index (Phi) is 5.70. The standard InChI is InChI=1S/C25H25FN4O4/c1-14-10-17-18(29-14)4-5-21(24(17)26)33-20-6-7-28-19-12-22(32-3)23(11-16(19)20)34-25(31)30-9-8-27-13-15(30)2/h4-7,10-12,15,27,29H,8-9,13H2,1-3H3/t15-/m0/s1. The number of carbonyl (C=O) groups excluding carboxylic acids is 1. The molecule has 176 valence electrons. The van der Waals surface area contributed by atoms with Gasteiger partial charge < -0.3 is 29.4 Å². The number of benzene rings is 2. The predicted molar refractivity (Wildman–Crippen MR) is 126 cm³/mol. The number of carbonyl (C=O) groups is 1. The van der Waals surface area contributed by atoms with E-state index in [-0.39, 0.29) is 17.5 Å². The van der Waals surface area contributed by atoms with Gasteiger partial charge in [0.1, 0.15) is 5.75 Å². The topological polar surface area (TPSA) is 88.7 Å². The molecular weight excluding hydrogens is 439 g/mol. The number of rotatable bonds is 4. The number of aromatic amines is 1. The molecule has 0 spiro atoms. The Labute approximate surface area is 195 Å². The van der Waals surface area contributed by atoms with E-state index in [9.17, 15) is 4.79 Å². The quantitative estimate of drug-likeness (QED) is 0.453. The summed E-state index contributed by atoms with van der Waals surface area (Å²) in [6.45, 7) is 5.77. The third-order valence-electron chi connectivity index (χ3n) is 5.98. The van der Waals surface area contributed by atoms with Crippen LogP contribution in [0.15, 0.2) is 42.6 Å². The fraction of sp³-hybridized carbons (Fsp3) is 0.280. The molecule has 1 aliphatic heterocycles. The summed E-state index contributed by atoms with van der Waals surface area (Å²) < 4.78 is 32.3. The first-order valence-corrected chi connectivity index (χ1v) is 11.1.